The third-order valence-corrected chi connectivity index (χ3v) is 3.05. The zero-order valence-corrected chi connectivity index (χ0v) is 12.1. The molecule has 0 aliphatic rings. The van der Waals surface area contributed by atoms with Gasteiger partial charge >= 0.3 is 0 Å². The number of ether oxygens (including phenoxy) is 1. The molecule has 0 aliphatic carbocycles. The highest BCUT2D eigenvalue weighted by Crippen LogP contribution is 2.18. The first kappa shape index (κ1) is 15.1. The van der Waals surface area contributed by atoms with Crippen molar-refractivity contribution in [2.45, 2.75) is 19.4 Å². The van der Waals surface area contributed by atoms with E-state index < -0.39 is 0 Å². The molecule has 110 valence electrons. The van der Waals surface area contributed by atoms with E-state index >= 15 is 0 Å². The number of carbonyl (C=O) groups excluding carboxylic acids is 1. The molecule has 0 saturated heterocycles. The standard InChI is InChI=1S/C17H20N2O2/c1-13(20)19-15-7-9-16(10-8-15)21-17(12-18)11-14-5-3-2-4-6-14/h2-10,17H,11-12,18H2,1H3,(H,19,20). The highest BCUT2D eigenvalue weighted by Gasteiger charge is 2.09. The number of amides is 1. The van der Waals surface area contributed by atoms with Gasteiger partial charge in [-0.3, -0.25) is 4.79 Å². The molecule has 3 N–H and O–H groups in total. The Bertz CT molecular complexity index is 567. The van der Waals surface area contributed by atoms with Crippen molar-refractivity contribution >= 4 is 11.6 Å². The van der Waals surface area contributed by atoms with Crippen molar-refractivity contribution in [1.82, 2.24) is 0 Å². The summed E-state index contributed by atoms with van der Waals surface area (Å²) in [7, 11) is 0. The van der Waals surface area contributed by atoms with Crippen molar-refractivity contribution in [3.05, 3.63) is 60.2 Å². The van der Waals surface area contributed by atoms with Gasteiger partial charge < -0.3 is 15.8 Å². The molecule has 0 aromatic heterocycles. The maximum absolute atomic E-state index is 11.0. The van der Waals surface area contributed by atoms with Crippen LogP contribution in [0.3, 0.4) is 0 Å². The van der Waals surface area contributed by atoms with Crippen molar-refractivity contribution in [2.75, 3.05) is 11.9 Å². The lowest BCUT2D eigenvalue weighted by Gasteiger charge is -2.18. The first-order chi connectivity index (χ1) is 10.2. The van der Waals surface area contributed by atoms with Crippen LogP contribution >= 0.6 is 0 Å². The topological polar surface area (TPSA) is 64.3 Å². The van der Waals surface area contributed by atoms with Gasteiger partial charge in [0, 0.05) is 25.6 Å². The Kier molecular flexibility index (Phi) is 5.35. The van der Waals surface area contributed by atoms with E-state index in [1.165, 1.54) is 12.5 Å². The Morgan fingerprint density at radius 2 is 1.81 bits per heavy atom. The minimum absolute atomic E-state index is 0.0704. The monoisotopic (exact) mass is 284 g/mol. The van der Waals surface area contributed by atoms with E-state index in [0.29, 0.717) is 6.54 Å². The number of anilines is 1. The second-order valence-electron chi connectivity index (χ2n) is 4.87. The summed E-state index contributed by atoms with van der Waals surface area (Å²) in [5.41, 5.74) is 7.73. The number of rotatable bonds is 6. The number of hydrogen-bond acceptors (Lipinski definition) is 3. The largest absolute Gasteiger partial charge is 0.489 e. The van der Waals surface area contributed by atoms with Gasteiger partial charge in [-0.1, -0.05) is 30.3 Å². The van der Waals surface area contributed by atoms with Gasteiger partial charge in [0.25, 0.3) is 0 Å². The molecule has 2 aromatic carbocycles. The average Bonchev–Trinajstić information content (AvgIpc) is 2.49. The van der Waals surface area contributed by atoms with Gasteiger partial charge in [-0.25, -0.2) is 0 Å². The van der Waals surface area contributed by atoms with Crippen LogP contribution in [0.2, 0.25) is 0 Å². The summed E-state index contributed by atoms with van der Waals surface area (Å²) < 4.78 is 5.89. The number of hydrogen-bond donors (Lipinski definition) is 2. The molecule has 0 spiro atoms. The van der Waals surface area contributed by atoms with Crippen LogP contribution in [0.25, 0.3) is 0 Å². The van der Waals surface area contributed by atoms with E-state index in [0.717, 1.165) is 17.9 Å². The first-order valence-corrected chi connectivity index (χ1v) is 6.95. The third kappa shape index (κ3) is 4.93. The Balaban J connectivity index is 1.96. The van der Waals surface area contributed by atoms with E-state index in [2.05, 4.69) is 17.4 Å². The molecule has 0 bridgehead atoms. The minimum Gasteiger partial charge on any atom is -0.489 e. The van der Waals surface area contributed by atoms with Gasteiger partial charge in [0.05, 0.1) is 0 Å². The molecule has 0 heterocycles. The highest BCUT2D eigenvalue weighted by molar-refractivity contribution is 5.88. The molecule has 0 fully saturated rings. The van der Waals surface area contributed by atoms with E-state index in [-0.39, 0.29) is 12.0 Å². The van der Waals surface area contributed by atoms with Crippen molar-refractivity contribution in [1.29, 1.82) is 0 Å². The number of nitrogens with two attached hydrogens (primary N) is 1. The van der Waals surface area contributed by atoms with Crippen LogP contribution < -0.4 is 15.8 Å². The number of carbonyl (C=O) groups is 1. The quantitative estimate of drug-likeness (QED) is 0.857. The van der Waals surface area contributed by atoms with Crippen LogP contribution in [-0.4, -0.2) is 18.6 Å². The van der Waals surface area contributed by atoms with Crippen LogP contribution in [0, 0.1) is 0 Å². The molecule has 0 saturated carbocycles. The van der Waals surface area contributed by atoms with E-state index in [1.807, 2.05) is 42.5 Å². The summed E-state index contributed by atoms with van der Waals surface area (Å²) in [6, 6.07) is 17.4. The van der Waals surface area contributed by atoms with Crippen LogP contribution in [0.1, 0.15) is 12.5 Å². The van der Waals surface area contributed by atoms with E-state index in [4.69, 9.17) is 10.5 Å². The Labute approximate surface area is 124 Å². The highest BCUT2D eigenvalue weighted by atomic mass is 16.5. The van der Waals surface area contributed by atoms with Crippen molar-refractivity contribution in [3.8, 4) is 5.75 Å². The van der Waals surface area contributed by atoms with Gasteiger partial charge in [0.2, 0.25) is 5.91 Å². The smallest absolute Gasteiger partial charge is 0.221 e. The normalized spacial score (nSPS) is 11.7. The summed E-state index contributed by atoms with van der Waals surface area (Å²) in [5.74, 6) is 0.656. The Morgan fingerprint density at radius 1 is 1.14 bits per heavy atom. The summed E-state index contributed by atoms with van der Waals surface area (Å²) >= 11 is 0. The fourth-order valence-corrected chi connectivity index (χ4v) is 2.06. The lowest BCUT2D eigenvalue weighted by Crippen LogP contribution is -2.28. The molecule has 2 rings (SSSR count). The lowest BCUT2D eigenvalue weighted by molar-refractivity contribution is -0.114. The second-order valence-corrected chi connectivity index (χ2v) is 4.87. The van der Waals surface area contributed by atoms with Gasteiger partial charge in [-0.15, -0.1) is 0 Å². The first-order valence-electron chi connectivity index (χ1n) is 6.95. The van der Waals surface area contributed by atoms with Crippen LogP contribution in [0.4, 0.5) is 5.69 Å². The molecular weight excluding hydrogens is 264 g/mol. The summed E-state index contributed by atoms with van der Waals surface area (Å²) in [6.07, 6.45) is 0.698. The summed E-state index contributed by atoms with van der Waals surface area (Å²) in [5, 5.41) is 2.72. The lowest BCUT2D eigenvalue weighted by atomic mass is 10.1. The van der Waals surface area contributed by atoms with Crippen LogP contribution in [0.5, 0.6) is 5.75 Å². The molecule has 2 aromatic rings. The van der Waals surface area contributed by atoms with Gasteiger partial charge in [0.1, 0.15) is 11.9 Å². The van der Waals surface area contributed by atoms with E-state index in [9.17, 15) is 4.79 Å². The Morgan fingerprint density at radius 3 is 2.38 bits per heavy atom. The van der Waals surface area contributed by atoms with Crippen molar-refractivity contribution in [2.24, 2.45) is 5.73 Å². The molecule has 4 heteroatoms. The molecule has 0 aliphatic heterocycles. The molecule has 0 radical (unpaired) electrons. The summed E-state index contributed by atoms with van der Waals surface area (Å²) in [4.78, 5) is 11.0. The van der Waals surface area contributed by atoms with Gasteiger partial charge in [-0.2, -0.15) is 0 Å². The number of nitrogens with one attached hydrogen (secondary N) is 1. The van der Waals surface area contributed by atoms with Crippen molar-refractivity contribution < 1.29 is 9.53 Å². The zero-order valence-electron chi connectivity index (χ0n) is 12.1. The fraction of sp³-hybridized carbons (Fsp3) is 0.235. The molecule has 21 heavy (non-hydrogen) atoms. The maximum Gasteiger partial charge on any atom is 0.221 e. The molecule has 1 unspecified atom stereocenters. The molecular formula is C17H20N2O2. The van der Waals surface area contributed by atoms with Gasteiger partial charge in [-0.05, 0) is 29.8 Å². The molecule has 1 atom stereocenters. The minimum atomic E-state index is -0.0902. The van der Waals surface area contributed by atoms with Crippen LogP contribution in [-0.2, 0) is 11.2 Å². The van der Waals surface area contributed by atoms with Gasteiger partial charge in [0.15, 0.2) is 0 Å². The summed E-state index contributed by atoms with van der Waals surface area (Å²) in [6.45, 7) is 1.93. The molecule has 1 amide bonds. The van der Waals surface area contributed by atoms with E-state index in [1.54, 1.807) is 0 Å². The predicted molar refractivity (Wildman–Crippen MR) is 84.4 cm³/mol. The maximum atomic E-state index is 11.0. The predicted octanol–water partition coefficient (Wildman–Crippen LogP) is 2.59. The zero-order chi connectivity index (χ0) is 15.1. The SMILES string of the molecule is CC(=O)Nc1ccc(OC(CN)Cc2ccccc2)cc1. The average molecular weight is 284 g/mol. The Hall–Kier alpha value is -2.33. The number of benzene rings is 2. The third-order valence-electron chi connectivity index (χ3n) is 3.05. The second kappa shape index (κ2) is 7.45. The van der Waals surface area contributed by atoms with Crippen molar-refractivity contribution in [3.63, 3.8) is 0 Å². The van der Waals surface area contributed by atoms with Crippen LogP contribution in [0.15, 0.2) is 54.6 Å². The fourth-order valence-electron chi connectivity index (χ4n) is 2.06. The molecule has 4 nitrogen and oxygen atoms in total.